The second-order valence-electron chi connectivity index (χ2n) is 4.08. The first kappa shape index (κ1) is 12.8. The molecule has 0 aliphatic carbocycles. The Morgan fingerprint density at radius 3 is 2.72 bits per heavy atom. The first-order valence-electron chi connectivity index (χ1n) is 5.91. The average Bonchev–Trinajstić information content (AvgIpc) is 2.91. The van der Waals surface area contributed by atoms with Gasteiger partial charge in [-0.2, -0.15) is 0 Å². The molecule has 18 heavy (non-hydrogen) atoms. The highest BCUT2D eigenvalue weighted by atomic mass is 32.1. The zero-order valence-electron chi connectivity index (χ0n) is 9.90. The van der Waals surface area contributed by atoms with Gasteiger partial charge in [-0.1, -0.05) is 18.2 Å². The third-order valence-electron chi connectivity index (χ3n) is 2.71. The molecule has 1 aliphatic heterocycles. The van der Waals surface area contributed by atoms with Gasteiger partial charge in [0.15, 0.2) is 5.11 Å². The van der Waals surface area contributed by atoms with E-state index >= 15 is 0 Å². The molecule has 0 spiro atoms. The van der Waals surface area contributed by atoms with Crippen molar-refractivity contribution in [1.29, 1.82) is 0 Å². The van der Waals surface area contributed by atoms with Gasteiger partial charge in [0.05, 0.1) is 6.04 Å². The summed E-state index contributed by atoms with van der Waals surface area (Å²) in [4.78, 5) is 11.7. The summed E-state index contributed by atoms with van der Waals surface area (Å²) in [7, 11) is 0. The molecular formula is C12H16N4OS. The van der Waals surface area contributed by atoms with Gasteiger partial charge < -0.3 is 10.6 Å². The first-order valence-corrected chi connectivity index (χ1v) is 6.32. The largest absolute Gasteiger partial charge is 0.331 e. The summed E-state index contributed by atoms with van der Waals surface area (Å²) < 4.78 is 0. The van der Waals surface area contributed by atoms with Gasteiger partial charge >= 0.3 is 0 Å². The molecule has 0 radical (unpaired) electrons. The third kappa shape index (κ3) is 3.68. The highest BCUT2D eigenvalue weighted by Gasteiger charge is 2.21. The fourth-order valence-corrected chi connectivity index (χ4v) is 1.97. The molecule has 1 aromatic carbocycles. The monoisotopic (exact) mass is 264 g/mol. The van der Waals surface area contributed by atoms with E-state index in [9.17, 15) is 4.79 Å². The van der Waals surface area contributed by atoms with E-state index in [0.29, 0.717) is 5.11 Å². The van der Waals surface area contributed by atoms with Gasteiger partial charge in [-0.25, -0.2) is 0 Å². The number of rotatable bonds is 2. The lowest BCUT2D eigenvalue weighted by Crippen LogP contribution is -2.50. The highest BCUT2D eigenvalue weighted by molar-refractivity contribution is 7.80. The van der Waals surface area contributed by atoms with E-state index in [1.54, 1.807) is 0 Å². The number of nitrogens with one attached hydrogen (secondary N) is 4. The van der Waals surface area contributed by atoms with Crippen molar-refractivity contribution in [1.82, 2.24) is 16.2 Å². The van der Waals surface area contributed by atoms with E-state index in [1.165, 1.54) is 0 Å². The summed E-state index contributed by atoms with van der Waals surface area (Å²) in [6.07, 6.45) is 1.90. The second-order valence-corrected chi connectivity index (χ2v) is 4.49. The molecule has 0 unspecified atom stereocenters. The van der Waals surface area contributed by atoms with E-state index in [-0.39, 0.29) is 11.9 Å². The predicted octanol–water partition coefficient (Wildman–Crippen LogP) is 0.756. The molecule has 1 atom stereocenters. The van der Waals surface area contributed by atoms with Gasteiger partial charge in [0.2, 0.25) is 0 Å². The van der Waals surface area contributed by atoms with Gasteiger partial charge in [0, 0.05) is 5.69 Å². The van der Waals surface area contributed by atoms with E-state index < -0.39 is 0 Å². The Hall–Kier alpha value is -1.66. The number of thiocarbonyl (C=S) groups is 1. The molecule has 96 valence electrons. The molecule has 1 heterocycles. The normalized spacial score (nSPS) is 18.1. The number of anilines is 1. The number of benzene rings is 1. The Kier molecular flexibility index (Phi) is 4.49. The number of hydrazine groups is 1. The van der Waals surface area contributed by atoms with Crippen LogP contribution in [0.2, 0.25) is 0 Å². The van der Waals surface area contributed by atoms with Gasteiger partial charge in [-0.05, 0) is 43.7 Å². The molecule has 6 heteroatoms. The minimum atomic E-state index is -0.114. The second kappa shape index (κ2) is 6.32. The van der Waals surface area contributed by atoms with Crippen molar-refractivity contribution in [3.05, 3.63) is 30.3 Å². The molecule has 0 saturated carbocycles. The van der Waals surface area contributed by atoms with Crippen LogP contribution in [0.15, 0.2) is 30.3 Å². The molecule has 4 N–H and O–H groups in total. The number of amides is 1. The molecule has 1 amide bonds. The minimum absolute atomic E-state index is 0.0790. The smallest absolute Gasteiger partial charge is 0.255 e. The zero-order chi connectivity index (χ0) is 12.8. The maximum absolute atomic E-state index is 11.7. The quantitative estimate of drug-likeness (QED) is 0.469. The van der Waals surface area contributed by atoms with Crippen molar-refractivity contribution in [3.8, 4) is 0 Å². The average molecular weight is 264 g/mol. The van der Waals surface area contributed by atoms with Gasteiger partial charge in [0.25, 0.3) is 5.91 Å². The maximum atomic E-state index is 11.7. The molecule has 5 nitrogen and oxygen atoms in total. The molecule has 1 aliphatic rings. The molecule has 1 saturated heterocycles. The number of para-hydroxylation sites is 1. The highest BCUT2D eigenvalue weighted by Crippen LogP contribution is 2.05. The van der Waals surface area contributed by atoms with Crippen molar-refractivity contribution in [2.24, 2.45) is 0 Å². The Balaban J connectivity index is 1.73. The van der Waals surface area contributed by atoms with Crippen LogP contribution in [0.25, 0.3) is 0 Å². The first-order chi connectivity index (χ1) is 8.75. The Bertz CT molecular complexity index is 417. The van der Waals surface area contributed by atoms with Crippen LogP contribution in [0.4, 0.5) is 5.69 Å². The Morgan fingerprint density at radius 2 is 2.06 bits per heavy atom. The zero-order valence-corrected chi connectivity index (χ0v) is 10.7. The summed E-state index contributed by atoms with van der Waals surface area (Å²) >= 11 is 5.07. The Morgan fingerprint density at radius 1 is 1.28 bits per heavy atom. The Labute approximate surface area is 111 Å². The van der Waals surface area contributed by atoms with E-state index in [0.717, 1.165) is 25.1 Å². The van der Waals surface area contributed by atoms with Crippen molar-refractivity contribution >= 4 is 28.9 Å². The van der Waals surface area contributed by atoms with E-state index in [1.807, 2.05) is 30.3 Å². The van der Waals surface area contributed by atoms with Crippen LogP contribution in [0.3, 0.4) is 0 Å². The maximum Gasteiger partial charge on any atom is 0.255 e. The molecule has 2 rings (SSSR count). The molecule has 0 bridgehead atoms. The molecular weight excluding hydrogens is 248 g/mol. The summed E-state index contributed by atoms with van der Waals surface area (Å²) in [5.74, 6) is -0.0790. The summed E-state index contributed by atoms with van der Waals surface area (Å²) in [5, 5.41) is 6.46. The lowest BCUT2D eigenvalue weighted by atomic mass is 10.2. The lowest BCUT2D eigenvalue weighted by Gasteiger charge is -2.14. The van der Waals surface area contributed by atoms with Crippen molar-refractivity contribution in [2.45, 2.75) is 18.9 Å². The van der Waals surface area contributed by atoms with Crippen molar-refractivity contribution in [3.63, 3.8) is 0 Å². The van der Waals surface area contributed by atoms with Crippen molar-refractivity contribution < 1.29 is 4.79 Å². The molecule has 1 aromatic rings. The van der Waals surface area contributed by atoms with Crippen LogP contribution in [0.5, 0.6) is 0 Å². The number of hydrogen-bond donors (Lipinski definition) is 4. The van der Waals surface area contributed by atoms with Crippen LogP contribution >= 0.6 is 12.2 Å². The number of carbonyl (C=O) groups is 1. The van der Waals surface area contributed by atoms with Crippen LogP contribution in [-0.2, 0) is 4.79 Å². The van der Waals surface area contributed by atoms with Crippen LogP contribution in [0, 0.1) is 0 Å². The van der Waals surface area contributed by atoms with Crippen molar-refractivity contribution in [2.75, 3.05) is 11.9 Å². The van der Waals surface area contributed by atoms with Crippen LogP contribution in [-0.4, -0.2) is 23.6 Å². The van der Waals surface area contributed by atoms with Crippen LogP contribution in [0.1, 0.15) is 12.8 Å². The standard InChI is InChI=1S/C12H16N4OS/c17-11(10-7-4-8-13-10)15-16-12(18)14-9-5-2-1-3-6-9/h1-3,5-6,10,13H,4,7-8H2,(H,15,17)(H2,14,16,18)/t10-/m0/s1. The minimum Gasteiger partial charge on any atom is -0.331 e. The summed E-state index contributed by atoms with van der Waals surface area (Å²) in [6.45, 7) is 0.894. The van der Waals surface area contributed by atoms with Crippen LogP contribution < -0.4 is 21.5 Å². The molecule has 0 aromatic heterocycles. The van der Waals surface area contributed by atoms with Gasteiger partial charge in [-0.3, -0.25) is 15.6 Å². The van der Waals surface area contributed by atoms with Gasteiger partial charge in [-0.15, -0.1) is 0 Å². The molecule has 1 fully saturated rings. The third-order valence-corrected chi connectivity index (χ3v) is 2.91. The van der Waals surface area contributed by atoms with E-state index in [2.05, 4.69) is 21.5 Å². The van der Waals surface area contributed by atoms with Gasteiger partial charge in [0.1, 0.15) is 0 Å². The topological polar surface area (TPSA) is 65.2 Å². The summed E-state index contributed by atoms with van der Waals surface area (Å²) in [6, 6.07) is 9.42. The fourth-order valence-electron chi connectivity index (χ4n) is 1.80. The van der Waals surface area contributed by atoms with E-state index in [4.69, 9.17) is 12.2 Å². The summed E-state index contributed by atoms with van der Waals surface area (Å²) in [5.41, 5.74) is 6.16. The predicted molar refractivity (Wildman–Crippen MR) is 75.0 cm³/mol. The fraction of sp³-hybridized carbons (Fsp3) is 0.333. The lowest BCUT2D eigenvalue weighted by molar-refractivity contribution is -0.123. The number of hydrogen-bond acceptors (Lipinski definition) is 3. The number of carbonyl (C=O) groups excluding carboxylic acids is 1. The SMILES string of the molecule is O=C(NNC(=S)Nc1ccccc1)[C@@H]1CCCN1.